The van der Waals surface area contributed by atoms with E-state index < -0.39 is 16.1 Å². The van der Waals surface area contributed by atoms with Crippen molar-refractivity contribution < 1.29 is 17.9 Å². The smallest absolute Gasteiger partial charge is 0.333 e. The fraction of sp³-hybridized carbons (Fsp3) is 0.0526. The molecule has 3 heterocycles. The topological polar surface area (TPSA) is 132 Å². The second kappa shape index (κ2) is 8.57. The molecule has 32 heavy (non-hydrogen) atoms. The lowest BCUT2D eigenvalue weighted by Gasteiger charge is -2.09. The lowest BCUT2D eigenvalue weighted by molar-refractivity contribution is 0.256. The number of sulfonamides is 1. The van der Waals surface area contributed by atoms with Gasteiger partial charge in [0.2, 0.25) is 0 Å². The number of methoxy groups -OCH3 is 1. The third-order valence-electron chi connectivity index (χ3n) is 4.26. The van der Waals surface area contributed by atoms with Crippen LogP contribution in [0.5, 0.6) is 5.75 Å². The number of fused-ring (bicyclic) bond motifs is 1. The van der Waals surface area contributed by atoms with Gasteiger partial charge >= 0.3 is 6.03 Å². The standard InChI is InChI=1S/C19H14ClN5O5S2/c1-30-12-3-4-13-14(8-12)22-10-25(18(13)26)16-6-2-11(9-21-16)23-19(27)24-32(28,29)17-7-5-15(20)31-17/h2-10H,1H3,(H2,23,24,27). The van der Waals surface area contributed by atoms with E-state index in [4.69, 9.17) is 16.3 Å². The van der Waals surface area contributed by atoms with E-state index in [0.717, 1.165) is 11.3 Å². The molecule has 1 aromatic carbocycles. The Labute approximate surface area is 190 Å². The van der Waals surface area contributed by atoms with Gasteiger partial charge in [0.25, 0.3) is 15.6 Å². The predicted molar refractivity (Wildman–Crippen MR) is 120 cm³/mol. The number of thiophene rings is 1. The molecule has 0 saturated carbocycles. The molecular weight excluding hydrogens is 478 g/mol. The van der Waals surface area contributed by atoms with Crippen molar-refractivity contribution >= 4 is 55.6 Å². The van der Waals surface area contributed by atoms with E-state index in [1.54, 1.807) is 18.2 Å². The minimum Gasteiger partial charge on any atom is -0.497 e. The van der Waals surface area contributed by atoms with Crippen molar-refractivity contribution in [2.24, 2.45) is 0 Å². The normalized spacial score (nSPS) is 11.3. The highest BCUT2D eigenvalue weighted by Gasteiger charge is 2.20. The van der Waals surface area contributed by atoms with Gasteiger partial charge in [0.15, 0.2) is 0 Å². The van der Waals surface area contributed by atoms with E-state index >= 15 is 0 Å². The molecule has 0 saturated heterocycles. The number of amides is 2. The predicted octanol–water partition coefficient (Wildman–Crippen LogP) is 3.01. The van der Waals surface area contributed by atoms with E-state index in [2.05, 4.69) is 15.3 Å². The molecule has 3 aromatic heterocycles. The van der Waals surface area contributed by atoms with Gasteiger partial charge < -0.3 is 10.1 Å². The number of hydrogen-bond acceptors (Lipinski definition) is 8. The van der Waals surface area contributed by atoms with Crippen LogP contribution in [0.2, 0.25) is 4.34 Å². The van der Waals surface area contributed by atoms with Crippen LogP contribution in [-0.4, -0.2) is 36.1 Å². The Morgan fingerprint density at radius 2 is 1.97 bits per heavy atom. The first-order valence-electron chi connectivity index (χ1n) is 8.88. The van der Waals surface area contributed by atoms with Gasteiger partial charge in [-0.15, -0.1) is 11.3 Å². The third-order valence-corrected chi connectivity index (χ3v) is 7.31. The number of aromatic nitrogens is 3. The van der Waals surface area contributed by atoms with Crippen molar-refractivity contribution in [1.29, 1.82) is 0 Å². The molecule has 2 amide bonds. The lowest BCUT2D eigenvalue weighted by atomic mass is 10.2. The average molecular weight is 492 g/mol. The number of benzene rings is 1. The van der Waals surface area contributed by atoms with Crippen molar-refractivity contribution in [2.75, 3.05) is 12.4 Å². The molecule has 164 valence electrons. The molecule has 4 rings (SSSR count). The Morgan fingerprint density at radius 3 is 2.62 bits per heavy atom. The van der Waals surface area contributed by atoms with Crippen LogP contribution in [0.1, 0.15) is 0 Å². The summed E-state index contributed by atoms with van der Waals surface area (Å²) in [5.41, 5.74) is 0.371. The Kier molecular flexibility index (Phi) is 5.82. The summed E-state index contributed by atoms with van der Waals surface area (Å²) in [7, 11) is -2.53. The molecule has 0 radical (unpaired) electrons. The molecule has 0 fully saturated rings. The van der Waals surface area contributed by atoms with Gasteiger partial charge in [-0.2, -0.15) is 0 Å². The zero-order valence-electron chi connectivity index (χ0n) is 16.3. The van der Waals surface area contributed by atoms with Crippen LogP contribution >= 0.6 is 22.9 Å². The van der Waals surface area contributed by atoms with Crippen molar-refractivity contribution in [2.45, 2.75) is 4.21 Å². The molecule has 0 aliphatic rings. The Balaban J connectivity index is 1.51. The summed E-state index contributed by atoms with van der Waals surface area (Å²) in [5, 5.41) is 2.76. The minimum absolute atomic E-state index is 0.0908. The highest BCUT2D eigenvalue weighted by atomic mass is 35.5. The maximum Gasteiger partial charge on any atom is 0.333 e. The first-order valence-corrected chi connectivity index (χ1v) is 11.6. The second-order valence-corrected chi connectivity index (χ2v) is 9.95. The van der Waals surface area contributed by atoms with Gasteiger partial charge in [-0.3, -0.25) is 9.36 Å². The summed E-state index contributed by atoms with van der Waals surface area (Å²) in [6, 6.07) is 9.63. The molecule has 10 nitrogen and oxygen atoms in total. The number of nitrogens with one attached hydrogen (secondary N) is 2. The number of carbonyl (C=O) groups is 1. The maximum atomic E-state index is 12.8. The van der Waals surface area contributed by atoms with Crippen molar-refractivity contribution in [3.63, 3.8) is 0 Å². The molecule has 4 aromatic rings. The molecule has 0 aliphatic carbocycles. The van der Waals surface area contributed by atoms with Gasteiger partial charge in [0.1, 0.15) is 22.1 Å². The maximum absolute atomic E-state index is 12.8. The summed E-state index contributed by atoms with van der Waals surface area (Å²) in [5.74, 6) is 0.852. The first kappa shape index (κ1) is 21.7. The quantitative estimate of drug-likeness (QED) is 0.438. The largest absolute Gasteiger partial charge is 0.497 e. The van der Waals surface area contributed by atoms with Gasteiger partial charge in [-0.1, -0.05) is 11.6 Å². The summed E-state index contributed by atoms with van der Waals surface area (Å²) >= 11 is 6.56. The SMILES string of the molecule is COc1ccc2c(=O)n(-c3ccc(NC(=O)NS(=O)(=O)c4ccc(Cl)s4)cn3)cnc2c1. The highest BCUT2D eigenvalue weighted by Crippen LogP contribution is 2.25. The fourth-order valence-corrected chi connectivity index (χ4v) is 5.16. The highest BCUT2D eigenvalue weighted by molar-refractivity contribution is 7.92. The van der Waals surface area contributed by atoms with Crippen molar-refractivity contribution in [1.82, 2.24) is 19.3 Å². The number of carbonyl (C=O) groups excluding carboxylic acids is 1. The van der Waals surface area contributed by atoms with Gasteiger partial charge in [-0.05, 0) is 36.4 Å². The van der Waals surface area contributed by atoms with Crippen LogP contribution in [0.3, 0.4) is 0 Å². The van der Waals surface area contributed by atoms with Crippen LogP contribution < -0.4 is 20.3 Å². The fourth-order valence-electron chi connectivity index (χ4n) is 2.76. The number of anilines is 1. The molecule has 0 atom stereocenters. The number of halogens is 1. The van der Waals surface area contributed by atoms with E-state index in [-0.39, 0.29) is 25.6 Å². The summed E-state index contributed by atoms with van der Waals surface area (Å²) in [6.45, 7) is 0. The average Bonchev–Trinajstić information content (AvgIpc) is 3.21. The molecule has 2 N–H and O–H groups in total. The number of pyridine rings is 1. The zero-order valence-corrected chi connectivity index (χ0v) is 18.7. The molecule has 0 aliphatic heterocycles. The first-order chi connectivity index (χ1) is 15.3. The van der Waals surface area contributed by atoms with E-state index in [0.29, 0.717) is 16.7 Å². The molecule has 0 bridgehead atoms. The molecule has 0 unspecified atom stereocenters. The number of nitrogens with zero attached hydrogens (tertiary/aromatic N) is 3. The van der Waals surface area contributed by atoms with Crippen LogP contribution in [0, 0.1) is 0 Å². The number of hydrogen-bond donors (Lipinski definition) is 2. The van der Waals surface area contributed by atoms with Crippen molar-refractivity contribution in [3.8, 4) is 11.6 Å². The van der Waals surface area contributed by atoms with Crippen LogP contribution in [0.25, 0.3) is 16.7 Å². The van der Waals surface area contributed by atoms with Crippen LogP contribution in [-0.2, 0) is 10.0 Å². The molecular formula is C19H14ClN5O5S2. The van der Waals surface area contributed by atoms with Gasteiger partial charge in [0, 0.05) is 6.07 Å². The van der Waals surface area contributed by atoms with Crippen LogP contribution in [0.4, 0.5) is 10.5 Å². The van der Waals surface area contributed by atoms with Crippen molar-refractivity contribution in [3.05, 3.63) is 69.7 Å². The molecule has 13 heteroatoms. The summed E-state index contributed by atoms with van der Waals surface area (Å²) < 4.78 is 32.8. The number of ether oxygens (including phenoxy) is 1. The third kappa shape index (κ3) is 4.42. The number of rotatable bonds is 5. The monoisotopic (exact) mass is 491 g/mol. The van der Waals surface area contributed by atoms with Gasteiger partial charge in [-0.25, -0.2) is 27.9 Å². The zero-order chi connectivity index (χ0) is 22.9. The summed E-state index contributed by atoms with van der Waals surface area (Å²) in [4.78, 5) is 33.3. The Hall–Kier alpha value is -3.48. The molecule has 0 spiro atoms. The Morgan fingerprint density at radius 1 is 1.16 bits per heavy atom. The lowest BCUT2D eigenvalue weighted by Crippen LogP contribution is -2.34. The Bertz CT molecular complexity index is 1480. The van der Waals surface area contributed by atoms with E-state index in [1.807, 2.05) is 4.72 Å². The minimum atomic E-state index is -4.05. The van der Waals surface area contributed by atoms with E-state index in [1.165, 1.54) is 48.5 Å². The van der Waals surface area contributed by atoms with Crippen LogP contribution in [0.15, 0.2) is 64.0 Å². The number of urea groups is 1. The second-order valence-electron chi connectivity index (χ2n) is 6.33. The van der Waals surface area contributed by atoms with E-state index in [9.17, 15) is 18.0 Å². The summed E-state index contributed by atoms with van der Waals surface area (Å²) in [6.07, 6.45) is 2.62. The van der Waals surface area contributed by atoms with Gasteiger partial charge in [0.05, 0.1) is 34.2 Å².